The molecule has 1 rings (SSSR count). The molecule has 0 amide bonds. The topological polar surface area (TPSA) is 47.7 Å². The van der Waals surface area contributed by atoms with E-state index in [4.69, 9.17) is 11.6 Å². The maximum atomic E-state index is 11.0. The second-order valence-electron chi connectivity index (χ2n) is 1.93. The molecule has 1 aromatic carbocycles. The van der Waals surface area contributed by atoms with Crippen molar-refractivity contribution in [3.05, 3.63) is 35.5 Å². The smallest absolute Gasteiger partial charge is 0.248 e. The van der Waals surface area contributed by atoms with E-state index in [0.29, 0.717) is 10.5 Å². The number of hydrogen-bond donors (Lipinski definition) is 0. The van der Waals surface area contributed by atoms with Crippen LogP contribution in [0.1, 0.15) is 0 Å². The maximum Gasteiger partial charge on any atom is 0.248 e. The number of benzene rings is 1. The van der Waals surface area contributed by atoms with Crippen LogP contribution in [-0.2, 0) is 4.84 Å². The Balaban J connectivity index is 2.71. The van der Waals surface area contributed by atoms with E-state index in [1.165, 1.54) is 0 Å². The number of nitrogens with zero attached hydrogens (tertiary/aromatic N) is 2. The predicted molar refractivity (Wildman–Crippen MR) is 44.0 cm³/mol. The molecular formula is C7H7ClN2O2. The fraction of sp³-hybridized carbons (Fsp3) is 0.143. The summed E-state index contributed by atoms with van der Waals surface area (Å²) >= 11 is 5.15. The fourth-order valence-corrected chi connectivity index (χ4v) is 0.721. The van der Waals surface area contributed by atoms with Crippen molar-refractivity contribution in [2.75, 3.05) is 6.07 Å². The molecule has 0 aliphatic carbocycles. The number of hydrogen-bond acceptors (Lipinski definition) is 3. The highest BCUT2D eigenvalue weighted by Gasteiger charge is 1.99. The number of para-hydroxylation sites is 1. The van der Waals surface area contributed by atoms with Gasteiger partial charge in [0.1, 0.15) is 0 Å². The third-order valence-electron chi connectivity index (χ3n) is 1.16. The Bertz CT molecular complexity index is 263. The average Bonchev–Trinajstić information content (AvgIpc) is 2.15. The predicted octanol–water partition coefficient (Wildman–Crippen LogP) is 2.41. The minimum atomic E-state index is -0.133. The van der Waals surface area contributed by atoms with Crippen LogP contribution in [0.3, 0.4) is 0 Å². The van der Waals surface area contributed by atoms with Gasteiger partial charge < -0.3 is 10.0 Å². The summed E-state index contributed by atoms with van der Waals surface area (Å²) in [6.07, 6.45) is 0. The van der Waals surface area contributed by atoms with Crippen LogP contribution in [0.4, 0.5) is 5.69 Å². The minimum absolute atomic E-state index is 0.133. The Morgan fingerprint density at radius 2 is 2.08 bits per heavy atom. The molecule has 0 aliphatic rings. The normalized spacial score (nSPS) is 11.2. The zero-order chi connectivity index (χ0) is 8.81. The first-order valence-electron chi connectivity index (χ1n) is 3.26. The summed E-state index contributed by atoms with van der Waals surface area (Å²) in [5.41, 5.74) is 0.405. The minimum Gasteiger partial charge on any atom is -0.592 e. The standard InChI is InChI=1S/C7H7ClN2O2/c8-6-12-9-10(11)7-4-2-1-3-5-7/h1-5H,6H2. The van der Waals surface area contributed by atoms with Crippen molar-refractivity contribution < 1.29 is 9.70 Å². The van der Waals surface area contributed by atoms with E-state index in [9.17, 15) is 5.21 Å². The number of halogens is 1. The number of rotatable bonds is 3. The van der Waals surface area contributed by atoms with Crippen LogP contribution in [0, 0.1) is 5.21 Å². The molecule has 0 heterocycles. The van der Waals surface area contributed by atoms with Gasteiger partial charge in [-0.3, -0.25) is 0 Å². The first-order chi connectivity index (χ1) is 5.84. The first kappa shape index (κ1) is 8.80. The SMILES string of the molecule is [O-][N+](=NOCCl)c1ccccc1. The van der Waals surface area contributed by atoms with Crippen molar-refractivity contribution in [3.63, 3.8) is 0 Å². The monoisotopic (exact) mass is 186 g/mol. The van der Waals surface area contributed by atoms with E-state index in [2.05, 4.69) is 10.1 Å². The van der Waals surface area contributed by atoms with Crippen molar-refractivity contribution in [3.8, 4) is 0 Å². The van der Waals surface area contributed by atoms with Crippen LogP contribution < -0.4 is 0 Å². The highest BCUT2D eigenvalue weighted by Crippen LogP contribution is 2.09. The first-order valence-corrected chi connectivity index (χ1v) is 3.79. The van der Waals surface area contributed by atoms with Gasteiger partial charge in [-0.2, -0.15) is 0 Å². The maximum absolute atomic E-state index is 11.0. The van der Waals surface area contributed by atoms with E-state index >= 15 is 0 Å². The molecule has 0 saturated carbocycles. The fourth-order valence-electron chi connectivity index (χ4n) is 0.677. The molecule has 64 valence electrons. The van der Waals surface area contributed by atoms with E-state index < -0.39 is 0 Å². The molecule has 4 nitrogen and oxygen atoms in total. The summed E-state index contributed by atoms with van der Waals surface area (Å²) in [5, 5.41) is 14.1. The molecule has 0 aliphatic heterocycles. The van der Waals surface area contributed by atoms with E-state index in [-0.39, 0.29) is 6.07 Å². The van der Waals surface area contributed by atoms with E-state index in [1.807, 2.05) is 0 Å². The summed E-state index contributed by atoms with van der Waals surface area (Å²) in [5.74, 6) is 0. The molecule has 0 radical (unpaired) electrons. The molecule has 1 aromatic rings. The molecule has 0 aromatic heterocycles. The zero-order valence-electron chi connectivity index (χ0n) is 6.18. The van der Waals surface area contributed by atoms with Gasteiger partial charge >= 0.3 is 0 Å². The van der Waals surface area contributed by atoms with Gasteiger partial charge in [-0.25, -0.2) is 0 Å². The van der Waals surface area contributed by atoms with Gasteiger partial charge in [-0.15, -0.1) is 0 Å². The summed E-state index contributed by atoms with van der Waals surface area (Å²) < 4.78 is 0. The van der Waals surface area contributed by atoms with Crippen molar-refractivity contribution in [2.45, 2.75) is 0 Å². The molecule has 0 spiro atoms. The molecule has 12 heavy (non-hydrogen) atoms. The van der Waals surface area contributed by atoms with Crippen LogP contribution in [0.2, 0.25) is 0 Å². The number of alkyl halides is 1. The second-order valence-corrected chi connectivity index (χ2v) is 2.15. The molecule has 0 bridgehead atoms. The van der Waals surface area contributed by atoms with Crippen LogP contribution in [0.5, 0.6) is 0 Å². The third-order valence-corrected chi connectivity index (χ3v) is 1.26. The Morgan fingerprint density at radius 3 is 2.67 bits per heavy atom. The van der Waals surface area contributed by atoms with Crippen LogP contribution in [-0.4, -0.2) is 10.9 Å². The quantitative estimate of drug-likeness (QED) is 0.315. The van der Waals surface area contributed by atoms with Crippen molar-refractivity contribution in [2.24, 2.45) is 5.28 Å². The lowest BCUT2D eigenvalue weighted by Crippen LogP contribution is -1.92. The largest absolute Gasteiger partial charge is 0.592 e. The van der Waals surface area contributed by atoms with Crippen molar-refractivity contribution in [1.29, 1.82) is 0 Å². The lowest BCUT2D eigenvalue weighted by molar-refractivity contribution is -0.477. The van der Waals surface area contributed by atoms with Gasteiger partial charge in [0.25, 0.3) is 0 Å². The van der Waals surface area contributed by atoms with Crippen LogP contribution in [0.25, 0.3) is 0 Å². The Kier molecular flexibility index (Phi) is 3.35. The third kappa shape index (κ3) is 2.39. The van der Waals surface area contributed by atoms with Crippen LogP contribution >= 0.6 is 11.6 Å². The molecule has 0 unspecified atom stereocenters. The Labute approximate surface area is 74.6 Å². The van der Waals surface area contributed by atoms with E-state index in [0.717, 1.165) is 0 Å². The lowest BCUT2D eigenvalue weighted by Gasteiger charge is -1.96. The van der Waals surface area contributed by atoms with E-state index in [1.54, 1.807) is 30.3 Å². The molecule has 5 heteroatoms. The molecule has 0 fully saturated rings. The lowest BCUT2D eigenvalue weighted by atomic mass is 10.3. The van der Waals surface area contributed by atoms with Gasteiger partial charge in [0.2, 0.25) is 11.0 Å². The van der Waals surface area contributed by atoms with Crippen molar-refractivity contribution in [1.82, 2.24) is 0 Å². The molecule has 0 saturated heterocycles. The van der Waals surface area contributed by atoms with Crippen LogP contribution in [0.15, 0.2) is 35.6 Å². The van der Waals surface area contributed by atoms with Crippen molar-refractivity contribution >= 4 is 17.3 Å². The van der Waals surface area contributed by atoms with Gasteiger partial charge in [-0.05, 0) is 4.86 Å². The summed E-state index contributed by atoms with van der Waals surface area (Å²) in [6, 6.07) is 8.38. The van der Waals surface area contributed by atoms with Gasteiger partial charge in [0.05, 0.1) is 0 Å². The second kappa shape index (κ2) is 4.56. The summed E-state index contributed by atoms with van der Waals surface area (Å²) in [7, 11) is 0. The Hall–Kier alpha value is -1.29. The zero-order valence-corrected chi connectivity index (χ0v) is 6.94. The average molecular weight is 187 g/mol. The molecule has 0 atom stereocenters. The Morgan fingerprint density at radius 1 is 1.42 bits per heavy atom. The molecular weight excluding hydrogens is 180 g/mol. The van der Waals surface area contributed by atoms with Gasteiger partial charge in [-0.1, -0.05) is 29.8 Å². The molecule has 0 N–H and O–H groups in total. The summed E-state index contributed by atoms with van der Waals surface area (Å²) in [4.78, 5) is 4.72. The van der Waals surface area contributed by atoms with Gasteiger partial charge in [0.15, 0.2) is 6.07 Å². The highest BCUT2D eigenvalue weighted by atomic mass is 35.5. The van der Waals surface area contributed by atoms with Gasteiger partial charge in [0, 0.05) is 12.1 Å². The highest BCUT2D eigenvalue weighted by molar-refractivity contribution is 6.17. The summed E-state index contributed by atoms with van der Waals surface area (Å²) in [6.45, 7) is 0.